The third-order valence-corrected chi connectivity index (χ3v) is 4.56. The summed E-state index contributed by atoms with van der Waals surface area (Å²) in [5, 5.41) is 6.16. The molecule has 0 saturated heterocycles. The van der Waals surface area contributed by atoms with Crippen molar-refractivity contribution < 1.29 is 14.3 Å². The standard InChI is InChI=1S/C23H19BrN2O3/c1-3-12-28-22-11-9-20(24)13-19(22)15-25-26-23(27)16(2)29-21-10-8-17-6-4-5-7-18(17)14-21/h1,4-11,13-16H,12H2,2H3,(H,26,27)/t16-/m0/s1. The number of carbonyl (C=O) groups is 1. The Morgan fingerprint density at radius 1 is 1.21 bits per heavy atom. The summed E-state index contributed by atoms with van der Waals surface area (Å²) in [4.78, 5) is 12.3. The van der Waals surface area contributed by atoms with Crippen molar-refractivity contribution in [2.45, 2.75) is 13.0 Å². The maximum absolute atomic E-state index is 12.3. The number of carbonyl (C=O) groups excluding carboxylic acids is 1. The zero-order chi connectivity index (χ0) is 20.6. The molecule has 3 aromatic rings. The lowest BCUT2D eigenvalue weighted by Crippen LogP contribution is -2.33. The Labute approximate surface area is 177 Å². The number of rotatable bonds is 7. The van der Waals surface area contributed by atoms with Crippen molar-refractivity contribution in [1.82, 2.24) is 5.43 Å². The van der Waals surface area contributed by atoms with E-state index in [9.17, 15) is 4.79 Å². The summed E-state index contributed by atoms with van der Waals surface area (Å²) < 4.78 is 12.1. The Morgan fingerprint density at radius 3 is 2.79 bits per heavy atom. The Morgan fingerprint density at radius 2 is 2.00 bits per heavy atom. The maximum Gasteiger partial charge on any atom is 0.280 e. The number of benzene rings is 3. The molecule has 1 N–H and O–H groups in total. The molecule has 0 aliphatic carbocycles. The number of halogens is 1. The second kappa shape index (κ2) is 9.76. The number of hydrogen-bond acceptors (Lipinski definition) is 4. The van der Waals surface area contributed by atoms with E-state index in [1.54, 1.807) is 13.0 Å². The second-order valence-electron chi connectivity index (χ2n) is 6.18. The summed E-state index contributed by atoms with van der Waals surface area (Å²) in [5.74, 6) is 3.24. The zero-order valence-corrected chi connectivity index (χ0v) is 17.3. The highest BCUT2D eigenvalue weighted by atomic mass is 79.9. The van der Waals surface area contributed by atoms with Gasteiger partial charge in [0.25, 0.3) is 5.91 Å². The van der Waals surface area contributed by atoms with Gasteiger partial charge in [0.05, 0.1) is 6.21 Å². The number of ether oxygens (including phenoxy) is 2. The van der Waals surface area contributed by atoms with Gasteiger partial charge in [-0.1, -0.05) is 52.2 Å². The fourth-order valence-electron chi connectivity index (χ4n) is 2.63. The smallest absolute Gasteiger partial charge is 0.280 e. The number of hydrazone groups is 1. The van der Waals surface area contributed by atoms with Crippen LogP contribution in [-0.2, 0) is 4.79 Å². The molecule has 0 saturated carbocycles. The first kappa shape index (κ1) is 20.4. The molecule has 0 fully saturated rings. The monoisotopic (exact) mass is 450 g/mol. The first-order valence-electron chi connectivity index (χ1n) is 8.91. The molecule has 6 heteroatoms. The highest BCUT2D eigenvalue weighted by Gasteiger charge is 2.14. The van der Waals surface area contributed by atoms with Gasteiger partial charge in [0.15, 0.2) is 6.10 Å². The van der Waals surface area contributed by atoms with Gasteiger partial charge in [-0.25, -0.2) is 5.43 Å². The number of hydrogen-bond donors (Lipinski definition) is 1. The highest BCUT2D eigenvalue weighted by molar-refractivity contribution is 9.10. The lowest BCUT2D eigenvalue weighted by molar-refractivity contribution is -0.127. The topological polar surface area (TPSA) is 59.9 Å². The van der Waals surface area contributed by atoms with Crippen molar-refractivity contribution in [2.75, 3.05) is 6.61 Å². The Bertz CT molecular complexity index is 1090. The van der Waals surface area contributed by atoms with Crippen molar-refractivity contribution in [2.24, 2.45) is 5.10 Å². The molecule has 1 amide bonds. The molecule has 0 unspecified atom stereocenters. The van der Waals surface area contributed by atoms with E-state index >= 15 is 0 Å². The average molecular weight is 451 g/mol. The van der Waals surface area contributed by atoms with Crippen molar-refractivity contribution in [1.29, 1.82) is 0 Å². The molecule has 3 rings (SSSR count). The van der Waals surface area contributed by atoms with E-state index in [1.165, 1.54) is 6.21 Å². The van der Waals surface area contributed by atoms with Crippen LogP contribution in [0.4, 0.5) is 0 Å². The van der Waals surface area contributed by atoms with Crippen LogP contribution in [0.2, 0.25) is 0 Å². The molecule has 0 bridgehead atoms. The number of fused-ring (bicyclic) bond motifs is 1. The third kappa shape index (κ3) is 5.59. The fraction of sp³-hybridized carbons (Fsp3) is 0.130. The van der Waals surface area contributed by atoms with Crippen molar-refractivity contribution in [3.63, 3.8) is 0 Å². The molecule has 5 nitrogen and oxygen atoms in total. The van der Waals surface area contributed by atoms with Gasteiger partial charge in [-0.2, -0.15) is 5.10 Å². The van der Waals surface area contributed by atoms with Gasteiger partial charge in [0.2, 0.25) is 0 Å². The Kier molecular flexibility index (Phi) is 6.88. The molecular weight excluding hydrogens is 432 g/mol. The van der Waals surface area contributed by atoms with Crippen LogP contribution in [0.1, 0.15) is 12.5 Å². The molecule has 0 heterocycles. The minimum absolute atomic E-state index is 0.144. The largest absolute Gasteiger partial charge is 0.481 e. The van der Waals surface area contributed by atoms with E-state index < -0.39 is 6.10 Å². The molecular formula is C23H19BrN2O3. The summed E-state index contributed by atoms with van der Waals surface area (Å²) in [6.45, 7) is 1.81. The van der Waals surface area contributed by atoms with Crippen LogP contribution in [-0.4, -0.2) is 24.8 Å². The predicted molar refractivity (Wildman–Crippen MR) is 118 cm³/mol. The van der Waals surface area contributed by atoms with Crippen LogP contribution in [0.5, 0.6) is 11.5 Å². The van der Waals surface area contributed by atoms with E-state index in [0.717, 1.165) is 15.2 Å². The second-order valence-corrected chi connectivity index (χ2v) is 7.09. The van der Waals surface area contributed by atoms with Crippen LogP contribution in [0.15, 0.2) is 70.2 Å². The van der Waals surface area contributed by atoms with E-state index in [4.69, 9.17) is 15.9 Å². The van der Waals surface area contributed by atoms with Gasteiger partial charge in [0.1, 0.15) is 18.1 Å². The predicted octanol–water partition coefficient (Wildman–Crippen LogP) is 4.53. The lowest BCUT2D eigenvalue weighted by Gasteiger charge is -2.13. The average Bonchev–Trinajstić information content (AvgIpc) is 2.73. The van der Waals surface area contributed by atoms with Crippen LogP contribution < -0.4 is 14.9 Å². The first-order valence-corrected chi connectivity index (χ1v) is 9.70. The number of terminal acetylenes is 1. The van der Waals surface area contributed by atoms with Crippen LogP contribution >= 0.6 is 15.9 Å². The van der Waals surface area contributed by atoms with E-state index in [0.29, 0.717) is 17.1 Å². The third-order valence-electron chi connectivity index (χ3n) is 4.06. The summed E-state index contributed by atoms with van der Waals surface area (Å²) in [6.07, 6.45) is 6.02. The SMILES string of the molecule is C#CCOc1ccc(Br)cc1C=NNC(=O)[C@H](C)Oc1ccc2ccccc2c1. The summed E-state index contributed by atoms with van der Waals surface area (Å²) in [5.41, 5.74) is 3.16. The molecule has 0 aliphatic rings. The van der Waals surface area contributed by atoms with Crippen molar-refractivity contribution in [3.8, 4) is 23.8 Å². The highest BCUT2D eigenvalue weighted by Crippen LogP contribution is 2.22. The number of nitrogens with zero attached hydrogens (tertiary/aromatic N) is 1. The van der Waals surface area contributed by atoms with E-state index in [-0.39, 0.29) is 12.5 Å². The van der Waals surface area contributed by atoms with Gasteiger partial charge in [-0.05, 0) is 48.0 Å². The first-order chi connectivity index (χ1) is 14.1. The molecule has 0 aliphatic heterocycles. The molecule has 0 aromatic heterocycles. The minimum Gasteiger partial charge on any atom is -0.481 e. The molecule has 0 radical (unpaired) electrons. The molecule has 3 aromatic carbocycles. The fourth-order valence-corrected chi connectivity index (χ4v) is 3.00. The van der Waals surface area contributed by atoms with E-state index in [2.05, 4.69) is 32.4 Å². The number of amides is 1. The summed E-state index contributed by atoms with van der Waals surface area (Å²) >= 11 is 3.40. The van der Waals surface area contributed by atoms with Crippen molar-refractivity contribution >= 4 is 38.8 Å². The van der Waals surface area contributed by atoms with E-state index in [1.807, 2.05) is 54.6 Å². The molecule has 1 atom stereocenters. The quantitative estimate of drug-likeness (QED) is 0.326. The van der Waals surface area contributed by atoms with Crippen LogP contribution in [0, 0.1) is 12.3 Å². The van der Waals surface area contributed by atoms with Crippen molar-refractivity contribution in [3.05, 3.63) is 70.7 Å². The summed E-state index contributed by atoms with van der Waals surface area (Å²) in [7, 11) is 0. The van der Waals surface area contributed by atoms with Gasteiger partial charge in [0, 0.05) is 10.0 Å². The molecule has 0 spiro atoms. The number of nitrogens with one attached hydrogen (secondary N) is 1. The van der Waals surface area contributed by atoms with Gasteiger partial charge in [-0.3, -0.25) is 4.79 Å². The Balaban J connectivity index is 1.62. The normalized spacial score (nSPS) is 11.8. The van der Waals surface area contributed by atoms with Gasteiger partial charge in [-0.15, -0.1) is 6.42 Å². The lowest BCUT2D eigenvalue weighted by atomic mass is 10.1. The molecule has 146 valence electrons. The van der Waals surface area contributed by atoms with Crippen LogP contribution in [0.3, 0.4) is 0 Å². The maximum atomic E-state index is 12.3. The summed E-state index contributed by atoms with van der Waals surface area (Å²) in [6, 6.07) is 19.1. The molecule has 29 heavy (non-hydrogen) atoms. The zero-order valence-electron chi connectivity index (χ0n) is 15.8. The van der Waals surface area contributed by atoms with Crippen LogP contribution in [0.25, 0.3) is 10.8 Å². The van der Waals surface area contributed by atoms with Gasteiger partial charge >= 0.3 is 0 Å². The minimum atomic E-state index is -0.715. The Hall–Kier alpha value is -3.30. The van der Waals surface area contributed by atoms with Gasteiger partial charge < -0.3 is 9.47 Å².